The highest BCUT2D eigenvalue weighted by atomic mass is 16.5. The van der Waals surface area contributed by atoms with Gasteiger partial charge in [-0.3, -0.25) is 0 Å². The van der Waals surface area contributed by atoms with Gasteiger partial charge in [-0.1, -0.05) is 6.58 Å². The number of aliphatic carboxylic acids is 1. The second-order valence-corrected chi connectivity index (χ2v) is 3.17. The van der Waals surface area contributed by atoms with Gasteiger partial charge >= 0.3 is 5.97 Å². The summed E-state index contributed by atoms with van der Waals surface area (Å²) >= 11 is 0. The van der Waals surface area contributed by atoms with E-state index in [2.05, 4.69) is 6.58 Å². The number of benzene rings is 1. The SMILES string of the molecule is C=C(C(=O)O)c1ccc(OC)c(OC)c1OC. The van der Waals surface area contributed by atoms with E-state index in [0.29, 0.717) is 22.8 Å². The molecule has 0 amide bonds. The van der Waals surface area contributed by atoms with E-state index in [9.17, 15) is 4.79 Å². The van der Waals surface area contributed by atoms with Gasteiger partial charge in [0, 0.05) is 5.56 Å². The van der Waals surface area contributed by atoms with E-state index in [1.54, 1.807) is 12.1 Å². The number of ether oxygens (including phenoxy) is 3. The number of hydrogen-bond donors (Lipinski definition) is 1. The maximum absolute atomic E-state index is 10.9. The summed E-state index contributed by atoms with van der Waals surface area (Å²) in [7, 11) is 4.37. The number of methoxy groups -OCH3 is 3. The molecular weight excluding hydrogens is 224 g/mol. The molecule has 5 nitrogen and oxygen atoms in total. The molecule has 0 heterocycles. The normalized spacial score (nSPS) is 9.59. The van der Waals surface area contributed by atoms with Gasteiger partial charge in [0.1, 0.15) is 0 Å². The lowest BCUT2D eigenvalue weighted by atomic mass is 10.1. The van der Waals surface area contributed by atoms with Crippen molar-refractivity contribution in [2.45, 2.75) is 0 Å². The van der Waals surface area contributed by atoms with Crippen LogP contribution in [0.3, 0.4) is 0 Å². The second kappa shape index (κ2) is 5.25. The number of carboxylic acid groups (broad SMARTS) is 1. The van der Waals surface area contributed by atoms with Gasteiger partial charge in [0.05, 0.1) is 26.9 Å². The van der Waals surface area contributed by atoms with Gasteiger partial charge in [-0.15, -0.1) is 0 Å². The van der Waals surface area contributed by atoms with Crippen molar-refractivity contribution in [3.05, 3.63) is 24.3 Å². The predicted octanol–water partition coefficient (Wildman–Crippen LogP) is 1.81. The molecule has 0 aliphatic rings. The molecule has 1 N–H and O–H groups in total. The molecule has 0 unspecified atom stereocenters. The Morgan fingerprint density at radius 1 is 1.12 bits per heavy atom. The fourth-order valence-corrected chi connectivity index (χ4v) is 1.45. The van der Waals surface area contributed by atoms with Crippen LogP contribution in [0.15, 0.2) is 18.7 Å². The topological polar surface area (TPSA) is 65.0 Å². The van der Waals surface area contributed by atoms with E-state index in [1.807, 2.05) is 0 Å². The summed E-state index contributed by atoms with van der Waals surface area (Å²) in [5, 5.41) is 8.92. The lowest BCUT2D eigenvalue weighted by Crippen LogP contribution is -2.03. The van der Waals surface area contributed by atoms with E-state index >= 15 is 0 Å². The van der Waals surface area contributed by atoms with Gasteiger partial charge in [0.2, 0.25) is 5.75 Å². The summed E-state index contributed by atoms with van der Waals surface area (Å²) in [4.78, 5) is 10.9. The number of hydrogen-bond acceptors (Lipinski definition) is 4. The molecule has 0 saturated carbocycles. The number of rotatable bonds is 5. The third kappa shape index (κ3) is 2.33. The van der Waals surface area contributed by atoms with Crippen molar-refractivity contribution < 1.29 is 24.1 Å². The van der Waals surface area contributed by atoms with Crippen molar-refractivity contribution in [3.8, 4) is 17.2 Å². The van der Waals surface area contributed by atoms with Gasteiger partial charge < -0.3 is 19.3 Å². The van der Waals surface area contributed by atoms with Crippen LogP contribution in [-0.4, -0.2) is 32.4 Å². The molecule has 0 atom stereocenters. The molecular formula is C12H14O5. The number of carboxylic acids is 1. The molecule has 0 aliphatic heterocycles. The zero-order chi connectivity index (χ0) is 13.0. The quantitative estimate of drug-likeness (QED) is 0.792. The molecule has 0 fully saturated rings. The van der Waals surface area contributed by atoms with Crippen LogP contribution in [0.2, 0.25) is 0 Å². The summed E-state index contributed by atoms with van der Waals surface area (Å²) in [5.74, 6) is -0.0176. The molecule has 1 aromatic carbocycles. The van der Waals surface area contributed by atoms with Crippen molar-refractivity contribution in [2.24, 2.45) is 0 Å². The molecule has 0 radical (unpaired) electrons. The summed E-state index contributed by atoms with van der Waals surface area (Å²) in [5.41, 5.74) is 0.292. The summed E-state index contributed by atoms with van der Waals surface area (Å²) < 4.78 is 15.4. The fraction of sp³-hybridized carbons (Fsp3) is 0.250. The Balaban J connectivity index is 3.43. The van der Waals surface area contributed by atoms with Gasteiger partial charge in [-0.05, 0) is 12.1 Å². The van der Waals surface area contributed by atoms with E-state index in [4.69, 9.17) is 19.3 Å². The van der Waals surface area contributed by atoms with Crippen LogP contribution in [-0.2, 0) is 4.79 Å². The number of carbonyl (C=O) groups is 1. The fourth-order valence-electron chi connectivity index (χ4n) is 1.45. The lowest BCUT2D eigenvalue weighted by Gasteiger charge is -2.15. The lowest BCUT2D eigenvalue weighted by molar-refractivity contribution is -0.130. The highest BCUT2D eigenvalue weighted by Crippen LogP contribution is 2.41. The standard InChI is InChI=1S/C12H14O5/c1-7(12(13)14)8-5-6-9(15-2)11(17-4)10(8)16-3/h5-6H,1H2,2-4H3,(H,13,14). The van der Waals surface area contributed by atoms with Crippen molar-refractivity contribution >= 4 is 11.5 Å². The average Bonchev–Trinajstić information content (AvgIpc) is 2.35. The second-order valence-electron chi connectivity index (χ2n) is 3.17. The molecule has 92 valence electrons. The zero-order valence-electron chi connectivity index (χ0n) is 9.94. The Hall–Kier alpha value is -2.17. The molecule has 17 heavy (non-hydrogen) atoms. The van der Waals surface area contributed by atoms with Crippen LogP contribution in [0.25, 0.3) is 5.57 Å². The minimum atomic E-state index is -1.12. The Kier molecular flexibility index (Phi) is 3.98. The molecule has 0 aromatic heterocycles. The van der Waals surface area contributed by atoms with Crippen LogP contribution in [0.4, 0.5) is 0 Å². The summed E-state index contributed by atoms with van der Waals surface area (Å²) in [6.07, 6.45) is 0. The van der Waals surface area contributed by atoms with Crippen molar-refractivity contribution in [1.82, 2.24) is 0 Å². The van der Waals surface area contributed by atoms with Gasteiger partial charge in [-0.25, -0.2) is 4.79 Å². The highest BCUT2D eigenvalue weighted by molar-refractivity contribution is 6.15. The van der Waals surface area contributed by atoms with Gasteiger partial charge in [0.25, 0.3) is 0 Å². The van der Waals surface area contributed by atoms with Crippen LogP contribution >= 0.6 is 0 Å². The first-order valence-electron chi connectivity index (χ1n) is 4.78. The molecule has 0 saturated heterocycles. The smallest absolute Gasteiger partial charge is 0.335 e. The van der Waals surface area contributed by atoms with Crippen LogP contribution in [0.5, 0.6) is 17.2 Å². The maximum atomic E-state index is 10.9. The summed E-state index contributed by atoms with van der Waals surface area (Å²) in [6.45, 7) is 3.49. The molecule has 1 aromatic rings. The molecule has 1 rings (SSSR count). The Bertz CT molecular complexity index is 450. The van der Waals surface area contributed by atoms with E-state index in [-0.39, 0.29) is 5.57 Å². The molecule has 0 bridgehead atoms. The zero-order valence-corrected chi connectivity index (χ0v) is 9.94. The Morgan fingerprint density at radius 2 is 1.71 bits per heavy atom. The molecule has 0 aliphatic carbocycles. The van der Waals surface area contributed by atoms with Crippen molar-refractivity contribution in [2.75, 3.05) is 21.3 Å². The maximum Gasteiger partial charge on any atom is 0.335 e. The Morgan fingerprint density at radius 3 is 2.12 bits per heavy atom. The molecule has 5 heteroatoms. The first-order valence-corrected chi connectivity index (χ1v) is 4.78. The third-order valence-corrected chi connectivity index (χ3v) is 2.29. The van der Waals surface area contributed by atoms with E-state index in [0.717, 1.165) is 0 Å². The average molecular weight is 238 g/mol. The van der Waals surface area contributed by atoms with Gasteiger partial charge in [0.15, 0.2) is 11.5 Å². The molecule has 0 spiro atoms. The third-order valence-electron chi connectivity index (χ3n) is 2.29. The summed E-state index contributed by atoms with van der Waals surface area (Å²) in [6, 6.07) is 3.17. The van der Waals surface area contributed by atoms with E-state index < -0.39 is 5.97 Å². The van der Waals surface area contributed by atoms with Crippen molar-refractivity contribution in [1.29, 1.82) is 0 Å². The van der Waals surface area contributed by atoms with Crippen LogP contribution in [0.1, 0.15) is 5.56 Å². The van der Waals surface area contributed by atoms with Crippen molar-refractivity contribution in [3.63, 3.8) is 0 Å². The predicted molar refractivity (Wildman–Crippen MR) is 62.8 cm³/mol. The Labute approximate surface area is 99.2 Å². The highest BCUT2D eigenvalue weighted by Gasteiger charge is 2.20. The minimum absolute atomic E-state index is 0.0668. The first kappa shape index (κ1) is 12.9. The van der Waals surface area contributed by atoms with Crippen LogP contribution in [0, 0.1) is 0 Å². The van der Waals surface area contributed by atoms with Gasteiger partial charge in [-0.2, -0.15) is 0 Å². The minimum Gasteiger partial charge on any atom is -0.493 e. The van der Waals surface area contributed by atoms with Crippen LogP contribution < -0.4 is 14.2 Å². The monoisotopic (exact) mass is 238 g/mol. The largest absolute Gasteiger partial charge is 0.493 e. The first-order chi connectivity index (χ1) is 8.06. The van der Waals surface area contributed by atoms with E-state index in [1.165, 1.54) is 21.3 Å².